The van der Waals surface area contributed by atoms with Gasteiger partial charge in [-0.05, 0) is 85.5 Å². The minimum Gasteiger partial charge on any atom is -0.300 e. The zero-order valence-electron chi connectivity index (χ0n) is 17.5. The van der Waals surface area contributed by atoms with E-state index in [1.54, 1.807) is 0 Å². The third-order valence-corrected chi connectivity index (χ3v) is 7.51. The van der Waals surface area contributed by atoms with Crippen LogP contribution in [-0.2, 0) is 4.79 Å². The summed E-state index contributed by atoms with van der Waals surface area (Å²) in [7, 11) is 0. The molecule has 2 atom stereocenters. The number of aryl methyl sites for hydroxylation is 2. The topological polar surface area (TPSA) is 17.1 Å². The predicted molar refractivity (Wildman–Crippen MR) is 117 cm³/mol. The molecule has 0 bridgehead atoms. The summed E-state index contributed by atoms with van der Waals surface area (Å²) in [5.41, 5.74) is 5.52. The van der Waals surface area contributed by atoms with Crippen LogP contribution in [0.3, 0.4) is 0 Å². The molecular weight excluding hydrogens is 340 g/mol. The van der Waals surface area contributed by atoms with Gasteiger partial charge < -0.3 is 0 Å². The summed E-state index contributed by atoms with van der Waals surface area (Å²) in [4.78, 5) is 13.3. The maximum atomic E-state index is 13.3. The first kappa shape index (κ1) is 19.4. The molecule has 0 heterocycles. The zero-order valence-corrected chi connectivity index (χ0v) is 17.5. The van der Waals surface area contributed by atoms with E-state index in [1.807, 2.05) is 0 Å². The first-order chi connectivity index (χ1) is 13.6. The Labute approximate surface area is 170 Å². The third kappa shape index (κ3) is 4.09. The lowest BCUT2D eigenvalue weighted by atomic mass is 9.67. The fourth-order valence-corrected chi connectivity index (χ4v) is 5.33. The van der Waals surface area contributed by atoms with Gasteiger partial charge in [-0.2, -0.15) is 0 Å². The molecule has 0 amide bonds. The molecule has 2 aromatic rings. The first-order valence-electron chi connectivity index (χ1n) is 11.3. The van der Waals surface area contributed by atoms with Gasteiger partial charge in [-0.25, -0.2) is 0 Å². The van der Waals surface area contributed by atoms with E-state index in [9.17, 15) is 4.79 Å². The summed E-state index contributed by atoms with van der Waals surface area (Å²) < 4.78 is 0. The minimum atomic E-state index is 0.418. The summed E-state index contributed by atoms with van der Waals surface area (Å²) in [6, 6.07) is 17.4. The average Bonchev–Trinajstić information content (AvgIpc) is 2.58. The number of rotatable bonds is 8. The van der Waals surface area contributed by atoms with Crippen molar-refractivity contribution in [2.45, 2.75) is 77.0 Å². The second kappa shape index (κ2) is 8.64. The van der Waals surface area contributed by atoms with Crippen molar-refractivity contribution in [2.24, 2.45) is 11.8 Å². The Morgan fingerprint density at radius 1 is 0.750 bits per heavy atom. The fourth-order valence-electron chi connectivity index (χ4n) is 5.33. The molecule has 148 valence electrons. The minimum absolute atomic E-state index is 0.418. The SMILES string of the molecule is Cc1ccccc1[C@@H](CC(=O)C[C@@H](c1ccccc1C)C1CCC1)C1CCC1. The molecule has 0 saturated heterocycles. The molecular formula is C27H34O. The van der Waals surface area contributed by atoms with E-state index in [1.165, 1.54) is 60.8 Å². The van der Waals surface area contributed by atoms with Crippen molar-refractivity contribution in [1.29, 1.82) is 0 Å². The fraction of sp³-hybridized carbons (Fsp3) is 0.519. The normalized spacial score (nSPS) is 19.5. The Balaban J connectivity index is 1.52. The van der Waals surface area contributed by atoms with Crippen LogP contribution in [-0.4, -0.2) is 5.78 Å². The summed E-state index contributed by atoms with van der Waals surface area (Å²) in [6.45, 7) is 4.41. The molecule has 2 aromatic carbocycles. The van der Waals surface area contributed by atoms with Crippen molar-refractivity contribution < 1.29 is 4.79 Å². The van der Waals surface area contributed by atoms with E-state index >= 15 is 0 Å². The summed E-state index contributed by atoms with van der Waals surface area (Å²) in [5, 5.41) is 0. The van der Waals surface area contributed by atoms with Gasteiger partial charge in [0.25, 0.3) is 0 Å². The Morgan fingerprint density at radius 2 is 1.14 bits per heavy atom. The van der Waals surface area contributed by atoms with Crippen LogP contribution in [0.15, 0.2) is 48.5 Å². The Bertz CT molecular complexity index is 745. The number of benzene rings is 2. The smallest absolute Gasteiger partial charge is 0.134 e. The first-order valence-corrected chi connectivity index (χ1v) is 11.3. The molecule has 0 spiro atoms. The van der Waals surface area contributed by atoms with Crippen LogP contribution in [0.1, 0.15) is 85.5 Å². The molecule has 0 N–H and O–H groups in total. The molecule has 0 radical (unpaired) electrons. The van der Waals surface area contributed by atoms with E-state index in [-0.39, 0.29) is 0 Å². The quantitative estimate of drug-likeness (QED) is 0.481. The predicted octanol–water partition coefficient (Wildman–Crippen LogP) is 7.12. The Kier molecular flexibility index (Phi) is 5.99. The second-order valence-electron chi connectivity index (χ2n) is 9.26. The van der Waals surface area contributed by atoms with Gasteiger partial charge in [-0.15, -0.1) is 0 Å². The van der Waals surface area contributed by atoms with Crippen molar-refractivity contribution in [3.8, 4) is 0 Å². The van der Waals surface area contributed by atoms with E-state index < -0.39 is 0 Å². The summed E-state index contributed by atoms with van der Waals surface area (Å²) in [5.74, 6) is 2.71. The zero-order chi connectivity index (χ0) is 19.5. The largest absolute Gasteiger partial charge is 0.300 e. The van der Waals surface area contributed by atoms with Gasteiger partial charge in [0.2, 0.25) is 0 Å². The number of carbonyl (C=O) groups excluding carboxylic acids is 1. The van der Waals surface area contributed by atoms with Gasteiger partial charge in [-0.3, -0.25) is 4.79 Å². The highest BCUT2D eigenvalue weighted by molar-refractivity contribution is 5.80. The second-order valence-corrected chi connectivity index (χ2v) is 9.26. The van der Waals surface area contributed by atoms with Crippen LogP contribution < -0.4 is 0 Å². The molecule has 1 heteroatoms. The molecule has 2 saturated carbocycles. The van der Waals surface area contributed by atoms with Gasteiger partial charge in [0.15, 0.2) is 0 Å². The van der Waals surface area contributed by atoms with Crippen LogP contribution in [0.4, 0.5) is 0 Å². The van der Waals surface area contributed by atoms with Crippen molar-refractivity contribution in [1.82, 2.24) is 0 Å². The highest BCUT2D eigenvalue weighted by Crippen LogP contribution is 2.45. The average molecular weight is 375 g/mol. The van der Waals surface area contributed by atoms with Crippen LogP contribution in [0.25, 0.3) is 0 Å². The van der Waals surface area contributed by atoms with Gasteiger partial charge in [0, 0.05) is 12.8 Å². The van der Waals surface area contributed by atoms with Crippen LogP contribution in [0.2, 0.25) is 0 Å². The number of hydrogen-bond acceptors (Lipinski definition) is 1. The highest BCUT2D eigenvalue weighted by atomic mass is 16.1. The lowest BCUT2D eigenvalue weighted by Gasteiger charge is -2.37. The van der Waals surface area contributed by atoms with Crippen LogP contribution in [0, 0.1) is 25.7 Å². The number of Topliss-reactive ketones (excluding diaryl/α,β-unsaturated/α-hetero) is 1. The molecule has 2 aliphatic rings. The summed E-state index contributed by atoms with van der Waals surface area (Å²) in [6.07, 6.45) is 9.26. The Hall–Kier alpha value is -1.89. The number of ketones is 1. The van der Waals surface area contributed by atoms with Crippen LogP contribution >= 0.6 is 0 Å². The lowest BCUT2D eigenvalue weighted by molar-refractivity contribution is -0.120. The van der Waals surface area contributed by atoms with E-state index in [0.29, 0.717) is 29.5 Å². The molecule has 2 aliphatic carbocycles. The monoisotopic (exact) mass is 374 g/mol. The van der Waals surface area contributed by atoms with Gasteiger partial charge >= 0.3 is 0 Å². The van der Waals surface area contributed by atoms with E-state index in [4.69, 9.17) is 0 Å². The van der Waals surface area contributed by atoms with Gasteiger partial charge in [0.05, 0.1) is 0 Å². The van der Waals surface area contributed by atoms with Gasteiger partial charge in [-0.1, -0.05) is 61.4 Å². The van der Waals surface area contributed by atoms with E-state index in [0.717, 1.165) is 12.8 Å². The maximum absolute atomic E-state index is 13.3. The molecule has 28 heavy (non-hydrogen) atoms. The lowest BCUT2D eigenvalue weighted by Crippen LogP contribution is -2.27. The van der Waals surface area contributed by atoms with Crippen molar-refractivity contribution in [2.75, 3.05) is 0 Å². The Morgan fingerprint density at radius 3 is 1.46 bits per heavy atom. The number of carbonyl (C=O) groups is 1. The van der Waals surface area contributed by atoms with Crippen LogP contribution in [0.5, 0.6) is 0 Å². The summed E-state index contributed by atoms with van der Waals surface area (Å²) >= 11 is 0. The maximum Gasteiger partial charge on any atom is 0.134 e. The molecule has 0 aliphatic heterocycles. The van der Waals surface area contributed by atoms with Crippen molar-refractivity contribution in [3.05, 3.63) is 70.8 Å². The number of hydrogen-bond donors (Lipinski definition) is 0. The molecule has 0 unspecified atom stereocenters. The highest BCUT2D eigenvalue weighted by Gasteiger charge is 2.34. The molecule has 2 fully saturated rings. The third-order valence-electron chi connectivity index (χ3n) is 7.51. The standard InChI is InChI=1S/C27H34O/c1-19-9-3-5-15-24(19)26(21-11-7-12-21)17-23(28)18-27(22-13-8-14-22)25-16-6-4-10-20(25)2/h3-6,9-10,15-16,21-22,26-27H,7-8,11-14,17-18H2,1-2H3/t26-,27+. The van der Waals surface area contributed by atoms with Crippen molar-refractivity contribution in [3.63, 3.8) is 0 Å². The molecule has 1 nitrogen and oxygen atoms in total. The molecule has 0 aromatic heterocycles. The van der Waals surface area contributed by atoms with Gasteiger partial charge in [0.1, 0.15) is 5.78 Å². The van der Waals surface area contributed by atoms with E-state index in [2.05, 4.69) is 62.4 Å². The molecule has 4 rings (SSSR count). The van der Waals surface area contributed by atoms with Crippen molar-refractivity contribution >= 4 is 5.78 Å².